The third kappa shape index (κ3) is 5.03. The summed E-state index contributed by atoms with van der Waals surface area (Å²) in [6.07, 6.45) is 0. The molecule has 1 aromatic rings. The number of nitrogens with one attached hydrogen (secondary N) is 2. The van der Waals surface area contributed by atoms with Crippen molar-refractivity contribution in [3.63, 3.8) is 0 Å². The lowest BCUT2D eigenvalue weighted by atomic mass is 10.2. The molecule has 2 amide bonds. The number of carboxylic acids is 1. The van der Waals surface area contributed by atoms with E-state index in [1.165, 1.54) is 7.11 Å². The van der Waals surface area contributed by atoms with E-state index in [2.05, 4.69) is 15.4 Å². The lowest BCUT2D eigenvalue weighted by Gasteiger charge is -2.14. The second-order valence-corrected chi connectivity index (χ2v) is 3.90. The molecule has 0 aliphatic carbocycles. The first-order valence-electron chi connectivity index (χ1n) is 5.57. The molecule has 21 heavy (non-hydrogen) atoms. The molecule has 10 heteroatoms. The molecule has 0 saturated carbocycles. The van der Waals surface area contributed by atoms with Gasteiger partial charge in [-0.15, -0.1) is 0 Å². The van der Waals surface area contributed by atoms with Crippen molar-refractivity contribution in [1.29, 1.82) is 0 Å². The molecule has 114 valence electrons. The van der Waals surface area contributed by atoms with Crippen LogP contribution in [0.25, 0.3) is 0 Å². The molecule has 0 saturated heterocycles. The molecule has 1 aromatic carbocycles. The summed E-state index contributed by atoms with van der Waals surface area (Å²) in [7, 11) is 1.26. The van der Waals surface area contributed by atoms with Gasteiger partial charge in [0.25, 0.3) is 5.69 Å². The van der Waals surface area contributed by atoms with Crippen LogP contribution >= 0.6 is 0 Å². The maximum atomic E-state index is 13.2. The number of nitrogens with zero attached hydrogens (tertiary/aromatic N) is 1. The van der Waals surface area contributed by atoms with Gasteiger partial charge in [0.2, 0.25) is 0 Å². The summed E-state index contributed by atoms with van der Waals surface area (Å²) in [4.78, 5) is 32.1. The first-order valence-corrected chi connectivity index (χ1v) is 5.57. The van der Waals surface area contributed by atoms with Gasteiger partial charge in [-0.1, -0.05) is 0 Å². The zero-order chi connectivity index (χ0) is 16.0. The van der Waals surface area contributed by atoms with E-state index >= 15 is 0 Å². The number of ether oxygens (including phenoxy) is 1. The molecule has 0 heterocycles. The minimum Gasteiger partial charge on any atom is -0.480 e. The molecular weight excluding hydrogens is 289 g/mol. The van der Waals surface area contributed by atoms with Gasteiger partial charge < -0.3 is 20.5 Å². The predicted molar refractivity (Wildman–Crippen MR) is 68.5 cm³/mol. The van der Waals surface area contributed by atoms with Gasteiger partial charge in [0.1, 0.15) is 5.82 Å². The number of rotatable bonds is 6. The molecule has 1 atom stereocenters. The third-order valence-corrected chi connectivity index (χ3v) is 2.29. The molecule has 0 radical (unpaired) electrons. The van der Waals surface area contributed by atoms with Crippen molar-refractivity contribution in [2.75, 3.05) is 19.0 Å². The number of non-ortho nitro benzene ring substituents is 1. The zero-order valence-electron chi connectivity index (χ0n) is 10.8. The number of methoxy groups -OCH3 is 1. The summed E-state index contributed by atoms with van der Waals surface area (Å²) >= 11 is 0. The van der Waals surface area contributed by atoms with Crippen LogP contribution in [-0.2, 0) is 9.53 Å². The van der Waals surface area contributed by atoms with Crippen molar-refractivity contribution >= 4 is 23.4 Å². The summed E-state index contributed by atoms with van der Waals surface area (Å²) in [6, 6.07) is 0.222. The fourth-order valence-electron chi connectivity index (χ4n) is 1.42. The highest BCUT2D eigenvalue weighted by Gasteiger charge is 2.20. The topological polar surface area (TPSA) is 131 Å². The van der Waals surface area contributed by atoms with Gasteiger partial charge in [-0.25, -0.2) is 14.0 Å². The van der Waals surface area contributed by atoms with E-state index in [9.17, 15) is 24.1 Å². The molecule has 0 aromatic heterocycles. The number of hydrogen-bond donors (Lipinski definition) is 3. The lowest BCUT2D eigenvalue weighted by molar-refractivity contribution is -0.385. The molecule has 0 spiro atoms. The lowest BCUT2D eigenvalue weighted by Crippen LogP contribution is -2.45. The van der Waals surface area contributed by atoms with Crippen molar-refractivity contribution in [3.05, 3.63) is 34.1 Å². The predicted octanol–water partition coefficient (Wildman–Crippen LogP) is 0.955. The van der Waals surface area contributed by atoms with Crippen LogP contribution in [-0.4, -0.2) is 41.8 Å². The van der Waals surface area contributed by atoms with Crippen LogP contribution in [0.15, 0.2) is 18.2 Å². The third-order valence-electron chi connectivity index (χ3n) is 2.29. The number of halogens is 1. The van der Waals surface area contributed by atoms with E-state index in [4.69, 9.17) is 5.11 Å². The quantitative estimate of drug-likeness (QED) is 0.529. The first kappa shape index (κ1) is 16.3. The molecule has 1 rings (SSSR count). The van der Waals surface area contributed by atoms with Gasteiger partial charge in [0.05, 0.1) is 23.3 Å². The van der Waals surface area contributed by atoms with Crippen LogP contribution in [0.4, 0.5) is 20.6 Å². The molecule has 0 fully saturated rings. The van der Waals surface area contributed by atoms with Crippen molar-refractivity contribution in [3.8, 4) is 0 Å². The van der Waals surface area contributed by atoms with Crippen molar-refractivity contribution in [1.82, 2.24) is 5.32 Å². The van der Waals surface area contributed by atoms with E-state index in [0.717, 1.165) is 12.1 Å². The van der Waals surface area contributed by atoms with Crippen LogP contribution in [0, 0.1) is 15.9 Å². The fraction of sp³-hybridized carbons (Fsp3) is 0.273. The second kappa shape index (κ2) is 7.14. The standard InChI is InChI=1S/C11H12FN3O6/c1-21-5-9(10(16)17)14-11(18)13-7-2-6(12)3-8(4-7)15(19)20/h2-4,9H,5H2,1H3,(H,16,17)(H2,13,14,18). The number of nitro benzene ring substituents is 1. The van der Waals surface area contributed by atoms with Crippen molar-refractivity contribution in [2.24, 2.45) is 0 Å². The van der Waals surface area contributed by atoms with Gasteiger partial charge in [-0.2, -0.15) is 0 Å². The highest BCUT2D eigenvalue weighted by molar-refractivity contribution is 5.92. The first-order chi connectivity index (χ1) is 9.83. The summed E-state index contributed by atoms with van der Waals surface area (Å²) in [5.41, 5.74) is -0.724. The molecule has 3 N–H and O–H groups in total. The number of nitro groups is 1. The number of amides is 2. The summed E-state index contributed by atoms with van der Waals surface area (Å²) in [5.74, 6) is -2.23. The van der Waals surface area contributed by atoms with Gasteiger partial charge in [0.15, 0.2) is 6.04 Å². The van der Waals surface area contributed by atoms with Crippen LogP contribution in [0.1, 0.15) is 0 Å². The molecule has 0 bridgehead atoms. The maximum absolute atomic E-state index is 13.2. The van der Waals surface area contributed by atoms with E-state index in [1.54, 1.807) is 0 Å². The molecular formula is C11H12FN3O6. The number of benzene rings is 1. The Hall–Kier alpha value is -2.75. The van der Waals surface area contributed by atoms with Gasteiger partial charge in [-0.3, -0.25) is 10.1 Å². The highest BCUT2D eigenvalue weighted by Crippen LogP contribution is 2.19. The molecule has 0 aliphatic rings. The average Bonchev–Trinajstić information content (AvgIpc) is 2.37. The van der Waals surface area contributed by atoms with Gasteiger partial charge in [0, 0.05) is 13.2 Å². The number of urea groups is 1. The van der Waals surface area contributed by atoms with Crippen LogP contribution < -0.4 is 10.6 Å². The van der Waals surface area contributed by atoms with E-state index < -0.39 is 34.5 Å². The maximum Gasteiger partial charge on any atom is 0.328 e. The van der Waals surface area contributed by atoms with Crippen LogP contribution in [0.5, 0.6) is 0 Å². The van der Waals surface area contributed by atoms with Crippen molar-refractivity contribution < 1.29 is 28.7 Å². The number of aliphatic carboxylic acids is 1. The minimum atomic E-state index is -1.32. The Bertz CT molecular complexity index is 565. The average molecular weight is 301 g/mol. The highest BCUT2D eigenvalue weighted by atomic mass is 19.1. The van der Waals surface area contributed by atoms with E-state index in [1.807, 2.05) is 0 Å². The summed E-state index contributed by atoms with van der Waals surface area (Å²) < 4.78 is 17.8. The SMILES string of the molecule is COCC(NC(=O)Nc1cc(F)cc([N+](=O)[O-])c1)C(=O)O. The Labute approximate surface area is 117 Å². The normalized spacial score (nSPS) is 11.5. The van der Waals surface area contributed by atoms with E-state index in [-0.39, 0.29) is 12.3 Å². The van der Waals surface area contributed by atoms with Gasteiger partial charge >= 0.3 is 12.0 Å². The molecule has 9 nitrogen and oxygen atoms in total. The van der Waals surface area contributed by atoms with Gasteiger partial charge in [-0.05, 0) is 6.07 Å². The Morgan fingerprint density at radius 1 is 1.48 bits per heavy atom. The fourth-order valence-corrected chi connectivity index (χ4v) is 1.42. The number of carboxylic acid groups (broad SMARTS) is 1. The Kier molecular flexibility index (Phi) is 5.55. The number of carbonyl (C=O) groups is 2. The van der Waals surface area contributed by atoms with Crippen LogP contribution in [0.2, 0.25) is 0 Å². The Balaban J connectivity index is 2.78. The monoisotopic (exact) mass is 301 g/mol. The minimum absolute atomic E-state index is 0.180. The Morgan fingerprint density at radius 3 is 2.67 bits per heavy atom. The second-order valence-electron chi connectivity index (χ2n) is 3.90. The largest absolute Gasteiger partial charge is 0.480 e. The summed E-state index contributed by atoms with van der Waals surface area (Å²) in [5, 5.41) is 23.5. The van der Waals surface area contributed by atoms with E-state index in [0.29, 0.717) is 6.07 Å². The number of hydrogen-bond acceptors (Lipinski definition) is 5. The van der Waals surface area contributed by atoms with Crippen LogP contribution in [0.3, 0.4) is 0 Å². The smallest absolute Gasteiger partial charge is 0.328 e. The molecule has 0 aliphatic heterocycles. The number of anilines is 1. The molecule has 1 unspecified atom stereocenters. The number of carbonyl (C=O) groups excluding carboxylic acids is 1. The Morgan fingerprint density at radius 2 is 2.14 bits per heavy atom. The summed E-state index contributed by atoms with van der Waals surface area (Å²) in [6.45, 7) is -0.272. The van der Waals surface area contributed by atoms with Crippen molar-refractivity contribution in [2.45, 2.75) is 6.04 Å². The zero-order valence-corrected chi connectivity index (χ0v) is 10.8.